The highest BCUT2D eigenvalue weighted by molar-refractivity contribution is 5.95. The lowest BCUT2D eigenvalue weighted by Gasteiger charge is -2.13. The number of nitrogens with one attached hydrogen (secondary N) is 2. The van der Waals surface area contributed by atoms with Crippen LogP contribution in [0.15, 0.2) is 30.3 Å². The van der Waals surface area contributed by atoms with E-state index >= 15 is 0 Å². The van der Waals surface area contributed by atoms with Crippen molar-refractivity contribution in [1.82, 2.24) is 10.6 Å². The smallest absolute Gasteiger partial charge is 0.244 e. The van der Waals surface area contributed by atoms with Crippen LogP contribution in [0.3, 0.4) is 0 Å². The molecule has 0 spiro atoms. The zero-order valence-electron chi connectivity index (χ0n) is 13.0. The zero-order valence-corrected chi connectivity index (χ0v) is 13.0. The van der Waals surface area contributed by atoms with Crippen LogP contribution in [0.1, 0.15) is 19.4 Å². The molecular formula is C16H22N2O4. The van der Waals surface area contributed by atoms with E-state index in [1.807, 2.05) is 12.1 Å². The summed E-state index contributed by atoms with van der Waals surface area (Å²) in [5, 5.41) is 14.2. The third-order valence-corrected chi connectivity index (χ3v) is 2.87. The van der Waals surface area contributed by atoms with Gasteiger partial charge >= 0.3 is 0 Å². The first-order chi connectivity index (χ1) is 10.4. The molecule has 0 saturated carbocycles. The van der Waals surface area contributed by atoms with Crippen LogP contribution in [0.5, 0.6) is 5.75 Å². The highest BCUT2D eigenvalue weighted by Crippen LogP contribution is 2.12. The third kappa shape index (κ3) is 6.41. The molecule has 3 N–H and O–H groups in total. The summed E-state index contributed by atoms with van der Waals surface area (Å²) in [4.78, 5) is 23.4. The first kappa shape index (κ1) is 17.7. The van der Waals surface area contributed by atoms with Gasteiger partial charge in [-0.2, -0.15) is 0 Å². The van der Waals surface area contributed by atoms with Gasteiger partial charge in [-0.15, -0.1) is 0 Å². The van der Waals surface area contributed by atoms with E-state index in [2.05, 4.69) is 10.6 Å². The largest absolute Gasteiger partial charge is 0.497 e. The standard InChI is InChI=1S/C16H22N2O4/c1-11(19)10-17-16(21)12(2)18-15(20)9-6-13-4-7-14(22-3)8-5-13/h4-9,11-12,19H,10H2,1-3H3,(H,17,21)(H,18,20)/b9-6+. The summed E-state index contributed by atoms with van der Waals surface area (Å²) < 4.78 is 5.05. The second kappa shape index (κ2) is 8.84. The van der Waals surface area contributed by atoms with Gasteiger partial charge in [0.25, 0.3) is 0 Å². The molecule has 0 saturated heterocycles. The minimum Gasteiger partial charge on any atom is -0.497 e. The van der Waals surface area contributed by atoms with Gasteiger partial charge in [0.1, 0.15) is 11.8 Å². The van der Waals surface area contributed by atoms with Crippen molar-refractivity contribution >= 4 is 17.9 Å². The summed E-state index contributed by atoms with van der Waals surface area (Å²) in [6, 6.07) is 6.56. The van der Waals surface area contributed by atoms with Crippen LogP contribution in [0.4, 0.5) is 0 Å². The van der Waals surface area contributed by atoms with Crippen LogP contribution in [0, 0.1) is 0 Å². The summed E-state index contributed by atoms with van der Waals surface area (Å²) in [5.41, 5.74) is 0.849. The number of hydrogen-bond donors (Lipinski definition) is 3. The fourth-order valence-corrected chi connectivity index (χ4v) is 1.62. The lowest BCUT2D eigenvalue weighted by atomic mass is 10.2. The van der Waals surface area contributed by atoms with Crippen molar-refractivity contribution in [3.05, 3.63) is 35.9 Å². The van der Waals surface area contributed by atoms with Crippen molar-refractivity contribution in [1.29, 1.82) is 0 Å². The fraction of sp³-hybridized carbons (Fsp3) is 0.375. The predicted molar refractivity (Wildman–Crippen MR) is 84.3 cm³/mol. The number of amides is 2. The van der Waals surface area contributed by atoms with Crippen molar-refractivity contribution in [3.8, 4) is 5.75 Å². The van der Waals surface area contributed by atoms with Crippen molar-refractivity contribution < 1.29 is 19.4 Å². The average Bonchev–Trinajstić information content (AvgIpc) is 2.50. The van der Waals surface area contributed by atoms with Crippen LogP contribution >= 0.6 is 0 Å². The van der Waals surface area contributed by atoms with E-state index in [0.717, 1.165) is 11.3 Å². The Morgan fingerprint density at radius 3 is 2.45 bits per heavy atom. The molecule has 0 aromatic heterocycles. The van der Waals surface area contributed by atoms with Gasteiger partial charge in [-0.1, -0.05) is 12.1 Å². The van der Waals surface area contributed by atoms with Gasteiger partial charge in [-0.25, -0.2) is 0 Å². The Labute approximate surface area is 130 Å². The Morgan fingerprint density at radius 2 is 1.91 bits per heavy atom. The van der Waals surface area contributed by atoms with Gasteiger partial charge in [0.15, 0.2) is 0 Å². The van der Waals surface area contributed by atoms with Gasteiger partial charge in [0.2, 0.25) is 11.8 Å². The number of methoxy groups -OCH3 is 1. The Balaban J connectivity index is 2.47. The van der Waals surface area contributed by atoms with Crippen LogP contribution < -0.4 is 15.4 Å². The van der Waals surface area contributed by atoms with E-state index in [-0.39, 0.29) is 18.4 Å². The monoisotopic (exact) mass is 306 g/mol. The molecule has 120 valence electrons. The molecule has 22 heavy (non-hydrogen) atoms. The molecule has 2 atom stereocenters. The number of hydrogen-bond acceptors (Lipinski definition) is 4. The minimum atomic E-state index is -0.674. The van der Waals surface area contributed by atoms with Gasteiger partial charge in [0, 0.05) is 12.6 Å². The van der Waals surface area contributed by atoms with E-state index in [4.69, 9.17) is 9.84 Å². The molecule has 6 heteroatoms. The number of carbonyl (C=O) groups is 2. The molecule has 6 nitrogen and oxygen atoms in total. The normalized spacial score (nSPS) is 13.5. The van der Waals surface area contributed by atoms with Crippen LogP contribution in [-0.4, -0.2) is 42.7 Å². The number of aliphatic hydroxyl groups is 1. The summed E-state index contributed by atoms with van der Waals surface area (Å²) >= 11 is 0. The SMILES string of the molecule is COc1ccc(/C=C/C(=O)NC(C)C(=O)NCC(C)O)cc1. The molecule has 0 heterocycles. The second-order valence-electron chi connectivity index (χ2n) is 4.93. The van der Waals surface area contributed by atoms with Crippen LogP contribution in [0.2, 0.25) is 0 Å². The highest BCUT2D eigenvalue weighted by Gasteiger charge is 2.14. The first-order valence-electron chi connectivity index (χ1n) is 7.00. The molecule has 0 radical (unpaired) electrons. The van der Waals surface area contributed by atoms with Crippen molar-refractivity contribution in [2.75, 3.05) is 13.7 Å². The molecule has 1 aromatic carbocycles. The molecule has 0 aliphatic rings. The Kier molecular flexibility index (Phi) is 7.12. The Morgan fingerprint density at radius 1 is 1.27 bits per heavy atom. The summed E-state index contributed by atoms with van der Waals surface area (Å²) in [5.74, 6) is 0.0348. The first-order valence-corrected chi connectivity index (χ1v) is 7.00. The fourth-order valence-electron chi connectivity index (χ4n) is 1.62. The average molecular weight is 306 g/mol. The molecule has 2 amide bonds. The third-order valence-electron chi connectivity index (χ3n) is 2.87. The van der Waals surface area contributed by atoms with Crippen molar-refractivity contribution in [2.24, 2.45) is 0 Å². The van der Waals surface area contributed by atoms with E-state index in [1.54, 1.807) is 39.2 Å². The van der Waals surface area contributed by atoms with Crippen LogP contribution in [-0.2, 0) is 9.59 Å². The summed E-state index contributed by atoms with van der Waals surface area (Å²) in [6.07, 6.45) is 2.39. The lowest BCUT2D eigenvalue weighted by molar-refractivity contribution is -0.126. The summed E-state index contributed by atoms with van der Waals surface area (Å²) in [6.45, 7) is 3.30. The predicted octanol–water partition coefficient (Wildman–Crippen LogP) is 0.710. The Hall–Kier alpha value is -2.34. The molecule has 0 fully saturated rings. The van der Waals surface area contributed by atoms with Crippen molar-refractivity contribution in [2.45, 2.75) is 26.0 Å². The van der Waals surface area contributed by atoms with E-state index < -0.39 is 12.1 Å². The van der Waals surface area contributed by atoms with Crippen LogP contribution in [0.25, 0.3) is 6.08 Å². The van der Waals surface area contributed by atoms with Gasteiger partial charge in [0.05, 0.1) is 13.2 Å². The van der Waals surface area contributed by atoms with Gasteiger partial charge in [-0.3, -0.25) is 9.59 Å². The molecule has 0 aliphatic carbocycles. The van der Waals surface area contributed by atoms with E-state index in [9.17, 15) is 9.59 Å². The quantitative estimate of drug-likeness (QED) is 0.647. The maximum absolute atomic E-state index is 11.7. The maximum atomic E-state index is 11.7. The lowest BCUT2D eigenvalue weighted by Crippen LogP contribution is -2.45. The van der Waals surface area contributed by atoms with Gasteiger partial charge in [-0.05, 0) is 37.6 Å². The molecule has 1 aromatic rings. The zero-order chi connectivity index (χ0) is 16.5. The van der Waals surface area contributed by atoms with Gasteiger partial charge < -0.3 is 20.5 Å². The molecule has 0 bridgehead atoms. The molecule has 0 aliphatic heterocycles. The topological polar surface area (TPSA) is 87.7 Å². The highest BCUT2D eigenvalue weighted by atomic mass is 16.5. The molecule has 1 rings (SSSR count). The maximum Gasteiger partial charge on any atom is 0.244 e. The number of rotatable bonds is 7. The van der Waals surface area contributed by atoms with Crippen molar-refractivity contribution in [3.63, 3.8) is 0 Å². The number of benzene rings is 1. The summed E-state index contributed by atoms with van der Waals surface area (Å²) in [7, 11) is 1.59. The number of ether oxygens (including phenoxy) is 1. The molecular weight excluding hydrogens is 284 g/mol. The number of aliphatic hydroxyl groups excluding tert-OH is 1. The molecule has 2 unspecified atom stereocenters. The van der Waals surface area contributed by atoms with E-state index in [1.165, 1.54) is 6.08 Å². The number of carbonyl (C=O) groups excluding carboxylic acids is 2. The second-order valence-corrected chi connectivity index (χ2v) is 4.93. The minimum absolute atomic E-state index is 0.154. The van der Waals surface area contributed by atoms with E-state index in [0.29, 0.717) is 0 Å². The Bertz CT molecular complexity index is 523.